The Balaban J connectivity index is 3.21. The normalized spacial score (nSPS) is 19.5. The van der Waals surface area contributed by atoms with Gasteiger partial charge in [0.05, 0.1) is 0 Å². The third kappa shape index (κ3) is 3.57. The minimum atomic E-state index is -3.30. The third-order valence-electron chi connectivity index (χ3n) is 5.57. The lowest BCUT2D eigenvalue weighted by atomic mass is 9.80. The molecule has 4 heteroatoms. The summed E-state index contributed by atoms with van der Waals surface area (Å²) < 4.78 is 29.2. The molecule has 1 N–H and O–H groups in total. The van der Waals surface area contributed by atoms with Crippen LogP contribution in [0, 0.1) is 11.5 Å². The molecule has 1 fully saturated rings. The van der Waals surface area contributed by atoms with Crippen LogP contribution in [0.25, 0.3) is 0 Å². The zero-order chi connectivity index (χ0) is 17.2. The molecular formula is C18H32F2OSi. The molecule has 0 radical (unpaired) electrons. The van der Waals surface area contributed by atoms with Crippen LogP contribution >= 0.6 is 0 Å². The highest BCUT2D eigenvalue weighted by molar-refractivity contribution is 6.90. The number of aliphatic hydroxyl groups is 1. The highest BCUT2D eigenvalue weighted by atomic mass is 28.3. The van der Waals surface area contributed by atoms with E-state index in [0.717, 1.165) is 6.42 Å². The van der Waals surface area contributed by atoms with Crippen LogP contribution in [-0.4, -0.2) is 24.7 Å². The molecular weight excluding hydrogens is 298 g/mol. The van der Waals surface area contributed by atoms with E-state index in [1.54, 1.807) is 0 Å². The molecule has 0 saturated heterocycles. The van der Waals surface area contributed by atoms with Crippen LogP contribution < -0.4 is 0 Å². The largest absolute Gasteiger partial charge is 0.382 e. The number of halogens is 2. The molecule has 128 valence electrons. The first-order valence-electron chi connectivity index (χ1n) is 8.64. The quantitative estimate of drug-likeness (QED) is 0.530. The van der Waals surface area contributed by atoms with Gasteiger partial charge in [-0.05, 0) is 35.4 Å². The molecule has 0 spiro atoms. The molecule has 0 amide bonds. The second-order valence-electron chi connectivity index (χ2n) is 7.81. The topological polar surface area (TPSA) is 20.2 Å². The number of rotatable bonds is 4. The van der Waals surface area contributed by atoms with Crippen LogP contribution in [0.4, 0.5) is 8.78 Å². The molecule has 22 heavy (non-hydrogen) atoms. The Kier molecular flexibility index (Phi) is 6.26. The van der Waals surface area contributed by atoms with Gasteiger partial charge in [0.2, 0.25) is 0 Å². The van der Waals surface area contributed by atoms with Gasteiger partial charge in [0.25, 0.3) is 0 Å². The average molecular weight is 331 g/mol. The number of hydrogen-bond acceptors (Lipinski definition) is 1. The molecule has 0 aromatic carbocycles. The van der Waals surface area contributed by atoms with Crippen molar-refractivity contribution >= 4 is 8.07 Å². The van der Waals surface area contributed by atoms with Crippen LogP contribution in [0.15, 0.2) is 0 Å². The lowest BCUT2D eigenvalue weighted by molar-refractivity contribution is -0.159. The summed E-state index contributed by atoms with van der Waals surface area (Å²) in [7, 11) is -2.19. The number of hydrogen-bond donors (Lipinski definition) is 1. The highest BCUT2D eigenvalue weighted by Crippen LogP contribution is 2.43. The Hall–Kier alpha value is -0.403. The van der Waals surface area contributed by atoms with E-state index in [9.17, 15) is 13.9 Å². The van der Waals surface area contributed by atoms with E-state index >= 15 is 0 Å². The van der Waals surface area contributed by atoms with Crippen molar-refractivity contribution in [2.24, 2.45) is 0 Å². The molecule has 0 atom stereocenters. The Labute approximate surface area is 135 Å². The van der Waals surface area contributed by atoms with Crippen molar-refractivity contribution in [3.05, 3.63) is 0 Å². The summed E-state index contributed by atoms with van der Waals surface area (Å²) in [5.74, 6) is -1.02. The SMILES string of the molecule is CC(C)[Si](C#CC(F)(F)C1(O)CCCCC1)(C(C)C)C(C)C. The predicted molar refractivity (Wildman–Crippen MR) is 91.8 cm³/mol. The van der Waals surface area contributed by atoms with Gasteiger partial charge in [-0.15, -0.1) is 5.54 Å². The van der Waals surface area contributed by atoms with Gasteiger partial charge in [0, 0.05) is 0 Å². The van der Waals surface area contributed by atoms with Crippen molar-refractivity contribution in [2.75, 3.05) is 0 Å². The summed E-state index contributed by atoms with van der Waals surface area (Å²) in [6, 6.07) is 0. The first kappa shape index (κ1) is 19.6. The van der Waals surface area contributed by atoms with E-state index in [2.05, 4.69) is 53.0 Å². The predicted octanol–water partition coefficient (Wildman–Crippen LogP) is 5.54. The van der Waals surface area contributed by atoms with Gasteiger partial charge in [-0.2, -0.15) is 8.78 Å². The summed E-state index contributed by atoms with van der Waals surface area (Å²) in [4.78, 5) is 0. The summed E-state index contributed by atoms with van der Waals surface area (Å²) in [6.07, 6.45) is 2.57. The van der Waals surface area contributed by atoms with Crippen molar-refractivity contribution in [3.8, 4) is 11.5 Å². The Morgan fingerprint density at radius 2 is 1.32 bits per heavy atom. The fourth-order valence-electron chi connectivity index (χ4n) is 4.19. The first-order valence-corrected chi connectivity index (χ1v) is 10.9. The van der Waals surface area contributed by atoms with Crippen LogP contribution in [0.1, 0.15) is 73.6 Å². The maximum Gasteiger partial charge on any atom is 0.335 e. The average Bonchev–Trinajstić information content (AvgIpc) is 2.38. The minimum Gasteiger partial charge on any atom is -0.382 e. The van der Waals surface area contributed by atoms with Crippen molar-refractivity contribution in [3.63, 3.8) is 0 Å². The lowest BCUT2D eigenvalue weighted by Gasteiger charge is -2.39. The second kappa shape index (κ2) is 7.01. The van der Waals surface area contributed by atoms with E-state index in [1.807, 2.05) is 0 Å². The summed E-state index contributed by atoms with van der Waals surface area (Å²) >= 11 is 0. The van der Waals surface area contributed by atoms with Crippen molar-refractivity contribution < 1.29 is 13.9 Å². The molecule has 1 nitrogen and oxygen atoms in total. The van der Waals surface area contributed by atoms with E-state index < -0.39 is 19.6 Å². The molecule has 0 unspecified atom stereocenters. The Morgan fingerprint density at radius 3 is 1.68 bits per heavy atom. The molecule has 0 aromatic rings. The van der Waals surface area contributed by atoms with Crippen LogP contribution in [0.2, 0.25) is 16.6 Å². The van der Waals surface area contributed by atoms with Crippen LogP contribution in [0.5, 0.6) is 0 Å². The molecule has 1 rings (SSSR count). The molecule has 0 bridgehead atoms. The van der Waals surface area contributed by atoms with Crippen molar-refractivity contribution in [2.45, 2.75) is 102 Å². The zero-order valence-corrected chi connectivity index (χ0v) is 16.0. The van der Waals surface area contributed by atoms with Gasteiger partial charge < -0.3 is 5.11 Å². The highest BCUT2D eigenvalue weighted by Gasteiger charge is 2.52. The van der Waals surface area contributed by atoms with Crippen molar-refractivity contribution in [1.29, 1.82) is 0 Å². The van der Waals surface area contributed by atoms with Crippen LogP contribution in [0.3, 0.4) is 0 Å². The van der Waals surface area contributed by atoms with Gasteiger partial charge in [0.1, 0.15) is 13.7 Å². The zero-order valence-electron chi connectivity index (χ0n) is 15.0. The molecule has 1 aliphatic rings. The van der Waals surface area contributed by atoms with E-state index in [1.165, 1.54) is 0 Å². The lowest BCUT2D eigenvalue weighted by Crippen LogP contribution is -2.50. The van der Waals surface area contributed by atoms with Crippen molar-refractivity contribution in [1.82, 2.24) is 0 Å². The summed E-state index contributed by atoms with van der Waals surface area (Å²) in [6.45, 7) is 12.6. The Bertz CT molecular complexity index is 404. The maximum absolute atomic E-state index is 14.6. The fraction of sp³-hybridized carbons (Fsp3) is 0.889. The van der Waals surface area contributed by atoms with E-state index in [0.29, 0.717) is 29.5 Å². The van der Waals surface area contributed by atoms with E-state index in [4.69, 9.17) is 0 Å². The number of alkyl halides is 2. The fourth-order valence-corrected chi connectivity index (χ4v) is 9.43. The second-order valence-corrected chi connectivity index (χ2v) is 13.4. The maximum atomic E-state index is 14.6. The monoisotopic (exact) mass is 330 g/mol. The van der Waals surface area contributed by atoms with E-state index in [-0.39, 0.29) is 12.8 Å². The molecule has 0 heterocycles. The van der Waals surface area contributed by atoms with Crippen LogP contribution in [-0.2, 0) is 0 Å². The van der Waals surface area contributed by atoms with Gasteiger partial charge in [-0.1, -0.05) is 60.8 Å². The molecule has 0 aliphatic heterocycles. The smallest absolute Gasteiger partial charge is 0.335 e. The Morgan fingerprint density at radius 1 is 0.909 bits per heavy atom. The van der Waals surface area contributed by atoms with Gasteiger partial charge >= 0.3 is 5.92 Å². The molecule has 1 aliphatic carbocycles. The molecule has 1 saturated carbocycles. The minimum absolute atomic E-state index is 0.161. The first-order chi connectivity index (χ1) is 9.99. The summed E-state index contributed by atoms with van der Waals surface area (Å²) in [5, 5.41) is 10.4. The standard InChI is InChI=1S/C18H32F2OSi/c1-14(2)22(15(3)4,16(5)6)13-12-18(19,20)17(21)10-8-7-9-11-17/h14-16,21H,7-11H2,1-6H3. The van der Waals surface area contributed by atoms with Gasteiger partial charge in [-0.3, -0.25) is 0 Å². The van der Waals surface area contributed by atoms with Gasteiger partial charge in [-0.25, -0.2) is 0 Å². The summed E-state index contributed by atoms with van der Waals surface area (Å²) in [5.41, 5.74) is 2.10. The molecule has 0 aromatic heterocycles. The third-order valence-corrected chi connectivity index (χ3v) is 11.9. The van der Waals surface area contributed by atoms with Gasteiger partial charge in [0.15, 0.2) is 0 Å².